The van der Waals surface area contributed by atoms with E-state index < -0.39 is 6.23 Å². The maximum atomic E-state index is 10.6. The van der Waals surface area contributed by atoms with Crippen molar-refractivity contribution >= 4 is 5.76 Å². The first-order valence-corrected chi connectivity index (χ1v) is 7.99. The van der Waals surface area contributed by atoms with Crippen molar-refractivity contribution in [3.8, 4) is 0 Å². The molecule has 1 saturated heterocycles. The summed E-state index contributed by atoms with van der Waals surface area (Å²) in [6, 6.07) is 8.06. The van der Waals surface area contributed by atoms with Gasteiger partial charge in [-0.2, -0.15) is 0 Å². The molecule has 1 aromatic carbocycles. The topological polar surface area (TPSA) is 53.5 Å². The number of aliphatic hydroxyl groups excluding tert-OH is 1. The highest BCUT2D eigenvalue weighted by Gasteiger charge is 2.21. The number of hydrogen-bond donors (Lipinski definition) is 3. The van der Waals surface area contributed by atoms with E-state index in [1.807, 2.05) is 45.0 Å². The second-order valence-corrected chi connectivity index (χ2v) is 6.82. The molecule has 0 aliphatic carbocycles. The Labute approximate surface area is 133 Å². The molecule has 1 aliphatic heterocycles. The van der Waals surface area contributed by atoms with Gasteiger partial charge in [0, 0.05) is 17.2 Å². The molecular weight excluding hydrogens is 276 g/mol. The second kappa shape index (κ2) is 7.27. The summed E-state index contributed by atoms with van der Waals surface area (Å²) >= 11 is 0. The van der Waals surface area contributed by atoms with Gasteiger partial charge in [-0.1, -0.05) is 30.8 Å². The Morgan fingerprint density at radius 3 is 2.59 bits per heavy atom. The highest BCUT2D eigenvalue weighted by atomic mass is 16.5. The molecule has 1 heterocycles. The molecule has 0 radical (unpaired) electrons. The number of nitrogens with one attached hydrogen (secondary N) is 2. The zero-order chi connectivity index (χ0) is 16.2. The molecule has 0 amide bonds. The van der Waals surface area contributed by atoms with Crippen LogP contribution in [-0.4, -0.2) is 29.8 Å². The third kappa shape index (κ3) is 4.83. The third-order valence-electron chi connectivity index (χ3n) is 3.72. The zero-order valence-corrected chi connectivity index (χ0v) is 13.9. The smallest absolute Gasteiger partial charge is 0.132 e. The van der Waals surface area contributed by atoms with Gasteiger partial charge < -0.3 is 15.2 Å². The number of aliphatic hydroxyl groups is 1. The van der Waals surface area contributed by atoms with Crippen molar-refractivity contribution in [1.82, 2.24) is 10.6 Å². The summed E-state index contributed by atoms with van der Waals surface area (Å²) in [5.74, 6) is 0.592. The Bertz CT molecular complexity index is 502. The molecule has 0 aromatic heterocycles. The first-order chi connectivity index (χ1) is 10.4. The molecule has 0 bridgehead atoms. The molecule has 22 heavy (non-hydrogen) atoms. The van der Waals surface area contributed by atoms with Crippen LogP contribution in [0.5, 0.6) is 0 Å². The van der Waals surface area contributed by atoms with Crippen LogP contribution < -0.4 is 10.6 Å². The molecule has 1 unspecified atom stereocenters. The van der Waals surface area contributed by atoms with Gasteiger partial charge in [0.1, 0.15) is 17.6 Å². The normalized spacial score (nSPS) is 18.0. The standard InChI is InChI=1S/C18H28N2O2/c1-13(22-18(2,3)4)15-7-5-6-8-16(15)17(21)20-14-9-11-19-12-10-14/h5-8,14,17,19-21H,1,9-12H2,2-4H3. The van der Waals surface area contributed by atoms with E-state index in [9.17, 15) is 5.11 Å². The Balaban J connectivity index is 2.11. The second-order valence-electron chi connectivity index (χ2n) is 6.82. The molecule has 1 fully saturated rings. The van der Waals surface area contributed by atoms with Gasteiger partial charge in [-0.05, 0) is 46.7 Å². The van der Waals surface area contributed by atoms with Crippen LogP contribution in [0, 0.1) is 0 Å². The number of rotatable bonds is 5. The van der Waals surface area contributed by atoms with Crippen molar-refractivity contribution in [3.05, 3.63) is 42.0 Å². The minimum atomic E-state index is -0.709. The van der Waals surface area contributed by atoms with Crippen LogP contribution in [0.25, 0.3) is 5.76 Å². The zero-order valence-electron chi connectivity index (χ0n) is 13.9. The van der Waals surface area contributed by atoms with E-state index in [4.69, 9.17) is 4.74 Å². The largest absolute Gasteiger partial charge is 0.488 e. The molecule has 1 aliphatic rings. The van der Waals surface area contributed by atoms with Gasteiger partial charge in [0.15, 0.2) is 0 Å². The van der Waals surface area contributed by atoms with E-state index in [-0.39, 0.29) is 5.60 Å². The quantitative estimate of drug-likeness (QED) is 0.578. The monoisotopic (exact) mass is 304 g/mol. The minimum absolute atomic E-state index is 0.308. The van der Waals surface area contributed by atoms with Gasteiger partial charge in [-0.15, -0.1) is 0 Å². The minimum Gasteiger partial charge on any atom is -0.488 e. The van der Waals surface area contributed by atoms with E-state index in [0.717, 1.165) is 37.1 Å². The Morgan fingerprint density at radius 1 is 1.32 bits per heavy atom. The Kier molecular flexibility index (Phi) is 5.62. The lowest BCUT2D eigenvalue weighted by atomic mass is 10.0. The van der Waals surface area contributed by atoms with E-state index in [1.54, 1.807) is 0 Å². The van der Waals surface area contributed by atoms with Crippen molar-refractivity contribution in [2.24, 2.45) is 0 Å². The predicted octanol–water partition coefficient (Wildman–Crippen LogP) is 2.80. The van der Waals surface area contributed by atoms with E-state index in [2.05, 4.69) is 17.2 Å². The van der Waals surface area contributed by atoms with Crippen LogP contribution in [0.2, 0.25) is 0 Å². The van der Waals surface area contributed by atoms with E-state index in [1.165, 1.54) is 0 Å². The molecular formula is C18H28N2O2. The van der Waals surface area contributed by atoms with Gasteiger partial charge in [-0.3, -0.25) is 5.32 Å². The summed E-state index contributed by atoms with van der Waals surface area (Å²) < 4.78 is 5.86. The fraction of sp³-hybridized carbons (Fsp3) is 0.556. The fourth-order valence-corrected chi connectivity index (χ4v) is 2.72. The lowest BCUT2D eigenvalue weighted by Crippen LogP contribution is -2.41. The van der Waals surface area contributed by atoms with Gasteiger partial charge in [0.2, 0.25) is 0 Å². The van der Waals surface area contributed by atoms with Gasteiger partial charge in [0.25, 0.3) is 0 Å². The predicted molar refractivity (Wildman–Crippen MR) is 90.3 cm³/mol. The van der Waals surface area contributed by atoms with Crippen LogP contribution in [0.4, 0.5) is 0 Å². The molecule has 4 heteroatoms. The molecule has 4 nitrogen and oxygen atoms in total. The molecule has 1 aromatic rings. The van der Waals surface area contributed by atoms with Crippen molar-refractivity contribution in [2.75, 3.05) is 13.1 Å². The Morgan fingerprint density at radius 2 is 1.95 bits per heavy atom. The van der Waals surface area contributed by atoms with Crippen LogP contribution >= 0.6 is 0 Å². The van der Waals surface area contributed by atoms with Gasteiger partial charge in [0.05, 0.1) is 0 Å². The Hall–Kier alpha value is -1.36. The maximum absolute atomic E-state index is 10.6. The first-order valence-electron chi connectivity index (χ1n) is 7.99. The number of benzene rings is 1. The van der Waals surface area contributed by atoms with E-state index >= 15 is 0 Å². The number of piperidine rings is 1. The van der Waals surface area contributed by atoms with Gasteiger partial charge in [-0.25, -0.2) is 0 Å². The average molecular weight is 304 g/mol. The van der Waals surface area contributed by atoms with Crippen LogP contribution in [-0.2, 0) is 4.74 Å². The summed E-state index contributed by atoms with van der Waals surface area (Å²) in [6.45, 7) is 12.0. The van der Waals surface area contributed by atoms with Crippen molar-refractivity contribution in [1.29, 1.82) is 0 Å². The summed E-state index contributed by atoms with van der Waals surface area (Å²) in [4.78, 5) is 0. The highest BCUT2D eigenvalue weighted by molar-refractivity contribution is 5.61. The molecule has 3 N–H and O–H groups in total. The highest BCUT2D eigenvalue weighted by Crippen LogP contribution is 2.27. The summed E-state index contributed by atoms with van der Waals surface area (Å²) in [7, 11) is 0. The van der Waals surface area contributed by atoms with Crippen molar-refractivity contribution in [3.63, 3.8) is 0 Å². The van der Waals surface area contributed by atoms with Crippen LogP contribution in [0.1, 0.15) is 51.0 Å². The van der Waals surface area contributed by atoms with E-state index in [0.29, 0.717) is 11.8 Å². The molecule has 122 valence electrons. The first kappa shape index (κ1) is 17.0. The molecule has 1 atom stereocenters. The molecule has 0 spiro atoms. The SMILES string of the molecule is C=C(OC(C)(C)C)c1ccccc1C(O)NC1CCNCC1. The van der Waals surface area contributed by atoms with Gasteiger partial charge >= 0.3 is 0 Å². The van der Waals surface area contributed by atoms with Crippen LogP contribution in [0.3, 0.4) is 0 Å². The lowest BCUT2D eigenvalue weighted by molar-refractivity contribution is 0.0940. The summed E-state index contributed by atoms with van der Waals surface area (Å²) in [6.07, 6.45) is 1.34. The van der Waals surface area contributed by atoms with Crippen molar-refractivity contribution < 1.29 is 9.84 Å². The lowest BCUT2D eigenvalue weighted by Gasteiger charge is -2.29. The number of hydrogen-bond acceptors (Lipinski definition) is 4. The average Bonchev–Trinajstić information content (AvgIpc) is 2.46. The van der Waals surface area contributed by atoms with Crippen molar-refractivity contribution in [2.45, 2.75) is 51.5 Å². The molecule has 2 rings (SSSR count). The maximum Gasteiger partial charge on any atom is 0.132 e. The fourth-order valence-electron chi connectivity index (χ4n) is 2.72. The summed E-state index contributed by atoms with van der Waals surface area (Å²) in [5.41, 5.74) is 1.36. The third-order valence-corrected chi connectivity index (χ3v) is 3.72. The number of ether oxygens (including phenoxy) is 1. The summed E-state index contributed by atoms with van der Waals surface area (Å²) in [5, 5.41) is 17.2. The molecule has 0 saturated carbocycles. The van der Waals surface area contributed by atoms with Crippen LogP contribution in [0.15, 0.2) is 30.8 Å².